The fourth-order valence-corrected chi connectivity index (χ4v) is 2.63. The van der Waals surface area contributed by atoms with Crippen LogP contribution in [-0.4, -0.2) is 16.5 Å². The molecule has 0 unspecified atom stereocenters. The highest BCUT2D eigenvalue weighted by atomic mass is 32.2. The van der Waals surface area contributed by atoms with E-state index in [-0.39, 0.29) is 5.78 Å². The van der Waals surface area contributed by atoms with Crippen molar-refractivity contribution in [3.63, 3.8) is 0 Å². The van der Waals surface area contributed by atoms with Crippen LogP contribution in [0.4, 0.5) is 5.82 Å². The molecule has 0 aliphatic heterocycles. The van der Waals surface area contributed by atoms with Crippen LogP contribution in [0.1, 0.15) is 21.5 Å². The van der Waals surface area contributed by atoms with Crippen molar-refractivity contribution in [3.8, 4) is 0 Å². The van der Waals surface area contributed by atoms with Gasteiger partial charge in [0.2, 0.25) is 0 Å². The van der Waals surface area contributed by atoms with Crippen LogP contribution in [0.2, 0.25) is 0 Å². The molecule has 0 saturated heterocycles. The first-order valence-electron chi connectivity index (χ1n) is 6.01. The Labute approximate surface area is 117 Å². The highest BCUT2D eigenvalue weighted by molar-refractivity contribution is 8.00. The minimum absolute atomic E-state index is 0.0141. The van der Waals surface area contributed by atoms with Crippen LogP contribution in [0.15, 0.2) is 41.4 Å². The molecule has 98 valence electrons. The van der Waals surface area contributed by atoms with Gasteiger partial charge in [-0.15, -0.1) is 11.8 Å². The van der Waals surface area contributed by atoms with E-state index >= 15 is 0 Å². The lowest BCUT2D eigenvalue weighted by Gasteiger charge is -2.05. The Kier molecular flexibility index (Phi) is 4.22. The Balaban J connectivity index is 2.07. The second-order valence-corrected chi connectivity index (χ2v) is 5.52. The number of hydrogen-bond acceptors (Lipinski definition) is 4. The van der Waals surface area contributed by atoms with E-state index in [0.29, 0.717) is 17.1 Å². The Bertz CT molecular complexity index is 611. The first-order valence-corrected chi connectivity index (χ1v) is 6.99. The van der Waals surface area contributed by atoms with Crippen molar-refractivity contribution in [2.24, 2.45) is 0 Å². The summed E-state index contributed by atoms with van der Waals surface area (Å²) in [7, 11) is 0. The second kappa shape index (κ2) is 5.89. The molecule has 2 aromatic rings. The molecule has 0 atom stereocenters. The summed E-state index contributed by atoms with van der Waals surface area (Å²) in [5.74, 6) is 0.694. The topological polar surface area (TPSA) is 56.0 Å². The number of carbonyl (C=O) groups excluding carboxylic acids is 1. The zero-order chi connectivity index (χ0) is 13.8. The predicted octanol–water partition coefficient (Wildman–Crippen LogP) is 3.26. The third kappa shape index (κ3) is 3.58. The van der Waals surface area contributed by atoms with Crippen LogP contribution >= 0.6 is 11.8 Å². The third-order valence-corrected chi connectivity index (χ3v) is 3.71. The van der Waals surface area contributed by atoms with Gasteiger partial charge in [-0.25, -0.2) is 4.98 Å². The monoisotopic (exact) mass is 272 g/mol. The molecule has 0 amide bonds. The minimum atomic E-state index is 0.0141. The van der Waals surface area contributed by atoms with Crippen molar-refractivity contribution in [1.82, 2.24) is 4.98 Å². The van der Waals surface area contributed by atoms with Crippen molar-refractivity contribution < 1.29 is 4.79 Å². The van der Waals surface area contributed by atoms with Gasteiger partial charge in [0.15, 0.2) is 5.78 Å². The predicted molar refractivity (Wildman–Crippen MR) is 79.6 cm³/mol. The molecule has 0 fully saturated rings. The molecule has 0 saturated carbocycles. The molecule has 1 aromatic carbocycles. The number of aromatic nitrogens is 1. The maximum absolute atomic E-state index is 12.1. The van der Waals surface area contributed by atoms with Gasteiger partial charge in [0, 0.05) is 11.1 Å². The van der Waals surface area contributed by atoms with E-state index in [2.05, 4.69) is 11.1 Å². The highest BCUT2D eigenvalue weighted by Gasteiger charge is 2.11. The molecular weight excluding hydrogens is 256 g/mol. The summed E-state index contributed by atoms with van der Waals surface area (Å²) in [6.07, 6.45) is 1.67. The van der Waals surface area contributed by atoms with Crippen molar-refractivity contribution in [2.45, 2.75) is 18.7 Å². The van der Waals surface area contributed by atoms with Gasteiger partial charge in [-0.1, -0.05) is 17.7 Å². The van der Waals surface area contributed by atoms with Gasteiger partial charge in [0.25, 0.3) is 0 Å². The number of nitrogen functional groups attached to an aromatic ring is 1. The second-order valence-electron chi connectivity index (χ2n) is 4.47. The molecule has 1 heterocycles. The van der Waals surface area contributed by atoms with Crippen LogP contribution in [0.3, 0.4) is 0 Å². The van der Waals surface area contributed by atoms with E-state index in [4.69, 9.17) is 5.73 Å². The smallest absolute Gasteiger partial charge is 0.176 e. The fraction of sp³-hybridized carbons (Fsp3) is 0.200. The van der Waals surface area contributed by atoms with Gasteiger partial charge < -0.3 is 5.73 Å². The Morgan fingerprint density at radius 1 is 1.26 bits per heavy atom. The van der Waals surface area contributed by atoms with Gasteiger partial charge in [0.05, 0.1) is 11.3 Å². The van der Waals surface area contributed by atoms with Gasteiger partial charge in [0.1, 0.15) is 5.82 Å². The third-order valence-electron chi connectivity index (χ3n) is 2.72. The number of benzene rings is 1. The summed E-state index contributed by atoms with van der Waals surface area (Å²) >= 11 is 1.52. The number of nitrogens with zero attached hydrogens (tertiary/aromatic N) is 1. The molecule has 2 N–H and O–H groups in total. The standard InChI is InChI=1S/C15H16N2OS/c1-10-4-3-5-12(6-10)19-9-14(18)13-7-11(2)8-17-15(13)16/h3-8H,9H2,1-2H3,(H2,16,17). The van der Waals surface area contributed by atoms with Crippen molar-refractivity contribution in [2.75, 3.05) is 11.5 Å². The highest BCUT2D eigenvalue weighted by Crippen LogP contribution is 2.21. The molecular formula is C15H16N2OS. The lowest BCUT2D eigenvalue weighted by atomic mass is 10.1. The number of pyridine rings is 1. The van der Waals surface area contributed by atoms with E-state index in [9.17, 15) is 4.79 Å². The van der Waals surface area contributed by atoms with Crippen molar-refractivity contribution in [1.29, 1.82) is 0 Å². The largest absolute Gasteiger partial charge is 0.383 e. The number of Topliss-reactive ketones (excluding diaryl/α,β-unsaturated/α-hetero) is 1. The minimum Gasteiger partial charge on any atom is -0.383 e. The zero-order valence-corrected chi connectivity index (χ0v) is 11.8. The number of hydrogen-bond donors (Lipinski definition) is 1. The van der Waals surface area contributed by atoms with Crippen LogP contribution in [0, 0.1) is 13.8 Å². The molecule has 0 radical (unpaired) electrons. The summed E-state index contributed by atoms with van der Waals surface area (Å²) in [4.78, 5) is 17.2. The van der Waals surface area contributed by atoms with E-state index in [1.54, 1.807) is 12.3 Å². The van der Waals surface area contributed by atoms with Gasteiger partial charge in [-0.3, -0.25) is 4.79 Å². The Morgan fingerprint density at radius 3 is 2.79 bits per heavy atom. The van der Waals surface area contributed by atoms with Crippen LogP contribution in [-0.2, 0) is 0 Å². The Hall–Kier alpha value is -1.81. The van der Waals surface area contributed by atoms with Crippen molar-refractivity contribution in [3.05, 3.63) is 53.2 Å². The van der Waals surface area contributed by atoms with Crippen molar-refractivity contribution >= 4 is 23.4 Å². The maximum Gasteiger partial charge on any atom is 0.176 e. The molecule has 2 rings (SSSR count). The van der Waals surface area contributed by atoms with E-state index < -0.39 is 0 Å². The zero-order valence-electron chi connectivity index (χ0n) is 11.0. The molecule has 0 spiro atoms. The summed E-state index contributed by atoms with van der Waals surface area (Å²) < 4.78 is 0. The van der Waals surface area contributed by atoms with E-state index in [0.717, 1.165) is 10.5 Å². The van der Waals surface area contributed by atoms with E-state index in [1.807, 2.05) is 32.0 Å². The quantitative estimate of drug-likeness (QED) is 0.685. The molecule has 3 nitrogen and oxygen atoms in total. The normalized spacial score (nSPS) is 10.4. The fourth-order valence-electron chi connectivity index (χ4n) is 1.73. The number of ketones is 1. The van der Waals surface area contributed by atoms with Gasteiger partial charge in [-0.05, 0) is 37.6 Å². The Morgan fingerprint density at radius 2 is 2.05 bits per heavy atom. The summed E-state index contributed by atoms with van der Waals surface area (Å²) in [6, 6.07) is 9.89. The average Bonchev–Trinajstić information content (AvgIpc) is 2.39. The van der Waals surface area contributed by atoms with Crippen LogP contribution < -0.4 is 5.73 Å². The van der Waals surface area contributed by atoms with Gasteiger partial charge >= 0.3 is 0 Å². The lowest BCUT2D eigenvalue weighted by Crippen LogP contribution is -2.08. The molecule has 0 bridgehead atoms. The maximum atomic E-state index is 12.1. The molecule has 0 aliphatic rings. The summed E-state index contributed by atoms with van der Waals surface area (Å²) in [5, 5.41) is 0. The summed E-state index contributed by atoms with van der Waals surface area (Å²) in [5.41, 5.74) is 8.39. The van der Waals surface area contributed by atoms with Crippen LogP contribution in [0.25, 0.3) is 0 Å². The van der Waals surface area contributed by atoms with Gasteiger partial charge in [-0.2, -0.15) is 0 Å². The average molecular weight is 272 g/mol. The number of carbonyl (C=O) groups is 1. The molecule has 4 heteroatoms. The first kappa shape index (κ1) is 13.6. The molecule has 1 aromatic heterocycles. The lowest BCUT2D eigenvalue weighted by molar-refractivity contribution is 0.102. The SMILES string of the molecule is Cc1cccc(SCC(=O)c2cc(C)cnc2N)c1. The molecule has 0 aliphatic carbocycles. The number of nitrogens with two attached hydrogens (primary N) is 1. The first-order chi connectivity index (χ1) is 9.06. The number of aryl methyl sites for hydroxylation is 2. The van der Waals surface area contributed by atoms with E-state index in [1.165, 1.54) is 17.3 Å². The number of anilines is 1. The number of rotatable bonds is 4. The molecule has 19 heavy (non-hydrogen) atoms. The van der Waals surface area contributed by atoms with Crippen LogP contribution in [0.5, 0.6) is 0 Å². The summed E-state index contributed by atoms with van der Waals surface area (Å²) in [6.45, 7) is 3.94. The number of thioether (sulfide) groups is 1.